The summed E-state index contributed by atoms with van der Waals surface area (Å²) in [5, 5.41) is 11.4. The maximum atomic E-state index is 11.6. The van der Waals surface area contributed by atoms with E-state index in [0.717, 1.165) is 4.90 Å². The average molecular weight is 254 g/mol. The van der Waals surface area contributed by atoms with Crippen LogP contribution in [-0.4, -0.2) is 31.0 Å². The van der Waals surface area contributed by atoms with Gasteiger partial charge in [-0.3, -0.25) is 4.79 Å². The Morgan fingerprint density at radius 1 is 1.71 bits per heavy atom. The SMILES string of the molecule is C[NH+](CCC#N)CC(=O)Nc1cccnc1Cl. The minimum atomic E-state index is -0.143. The first kappa shape index (κ1) is 13.4. The van der Waals surface area contributed by atoms with Crippen molar-refractivity contribution in [3.8, 4) is 6.07 Å². The molecule has 1 aromatic heterocycles. The van der Waals surface area contributed by atoms with Gasteiger partial charge >= 0.3 is 0 Å². The van der Waals surface area contributed by atoms with Crippen molar-refractivity contribution in [2.24, 2.45) is 0 Å². The van der Waals surface area contributed by atoms with Crippen molar-refractivity contribution in [2.75, 3.05) is 25.5 Å². The topological polar surface area (TPSA) is 70.2 Å². The third-order valence-electron chi connectivity index (χ3n) is 2.16. The number of nitrogens with one attached hydrogen (secondary N) is 2. The van der Waals surface area contributed by atoms with Crippen molar-refractivity contribution in [3.63, 3.8) is 0 Å². The monoisotopic (exact) mass is 253 g/mol. The molecule has 1 heterocycles. The molecule has 0 bridgehead atoms. The fourth-order valence-corrected chi connectivity index (χ4v) is 1.47. The standard InChI is InChI=1S/C11H13ClN4O/c1-16(7-3-5-13)8-10(17)15-9-4-2-6-14-11(9)12/h2,4,6H,3,7-8H2,1H3,(H,15,17)/p+1. The number of hydrogen-bond acceptors (Lipinski definition) is 3. The van der Waals surface area contributed by atoms with Crippen LogP contribution in [-0.2, 0) is 4.79 Å². The number of pyridine rings is 1. The second-order valence-electron chi connectivity index (χ2n) is 3.68. The van der Waals surface area contributed by atoms with Crippen LogP contribution in [0, 0.1) is 11.3 Å². The second-order valence-corrected chi connectivity index (χ2v) is 4.04. The molecular formula is C11H14ClN4O+. The first-order valence-corrected chi connectivity index (χ1v) is 5.60. The quantitative estimate of drug-likeness (QED) is 0.732. The van der Waals surface area contributed by atoms with Gasteiger partial charge in [0, 0.05) is 6.20 Å². The summed E-state index contributed by atoms with van der Waals surface area (Å²) in [7, 11) is 1.86. The maximum absolute atomic E-state index is 11.6. The van der Waals surface area contributed by atoms with E-state index in [-0.39, 0.29) is 11.1 Å². The number of carbonyl (C=O) groups excluding carboxylic acids is 1. The number of halogens is 1. The van der Waals surface area contributed by atoms with Gasteiger partial charge in [0.05, 0.1) is 31.8 Å². The Hall–Kier alpha value is -1.64. The first-order chi connectivity index (χ1) is 8.13. The fourth-order valence-electron chi connectivity index (χ4n) is 1.31. The van der Waals surface area contributed by atoms with Crippen LogP contribution in [0.15, 0.2) is 18.3 Å². The van der Waals surface area contributed by atoms with Gasteiger partial charge in [-0.2, -0.15) is 5.26 Å². The van der Waals surface area contributed by atoms with Gasteiger partial charge in [0.25, 0.3) is 5.91 Å². The number of hydrogen-bond donors (Lipinski definition) is 2. The molecule has 1 amide bonds. The molecule has 0 saturated carbocycles. The summed E-state index contributed by atoms with van der Waals surface area (Å²) < 4.78 is 0. The Labute approximate surface area is 105 Å². The summed E-state index contributed by atoms with van der Waals surface area (Å²) in [5.74, 6) is -0.143. The highest BCUT2D eigenvalue weighted by Gasteiger charge is 2.11. The molecular weight excluding hydrogens is 240 g/mol. The number of nitriles is 1. The summed E-state index contributed by atoms with van der Waals surface area (Å²) in [6, 6.07) is 5.44. The Balaban J connectivity index is 2.45. The molecule has 0 radical (unpaired) electrons. The van der Waals surface area contributed by atoms with Gasteiger partial charge in [-0.1, -0.05) is 11.6 Å². The minimum Gasteiger partial charge on any atom is -0.329 e. The van der Waals surface area contributed by atoms with Crippen LogP contribution >= 0.6 is 11.6 Å². The molecule has 0 fully saturated rings. The van der Waals surface area contributed by atoms with Gasteiger partial charge < -0.3 is 10.2 Å². The fraction of sp³-hybridized carbons (Fsp3) is 0.364. The lowest BCUT2D eigenvalue weighted by Crippen LogP contribution is -3.10. The predicted octanol–water partition coefficient (Wildman–Crippen LogP) is 0.102. The van der Waals surface area contributed by atoms with Crippen molar-refractivity contribution in [1.29, 1.82) is 5.26 Å². The van der Waals surface area contributed by atoms with Crippen molar-refractivity contribution >= 4 is 23.2 Å². The van der Waals surface area contributed by atoms with E-state index in [1.165, 1.54) is 0 Å². The molecule has 0 spiro atoms. The number of amides is 1. The van der Waals surface area contributed by atoms with Gasteiger partial charge in [0.15, 0.2) is 11.7 Å². The molecule has 6 heteroatoms. The summed E-state index contributed by atoms with van der Waals surface area (Å²) in [6.07, 6.45) is 2.00. The van der Waals surface area contributed by atoms with E-state index in [9.17, 15) is 4.79 Å². The molecule has 17 heavy (non-hydrogen) atoms. The van der Waals surface area contributed by atoms with E-state index in [1.54, 1.807) is 18.3 Å². The van der Waals surface area contributed by atoms with Crippen molar-refractivity contribution in [3.05, 3.63) is 23.5 Å². The highest BCUT2D eigenvalue weighted by molar-refractivity contribution is 6.32. The second kappa shape index (κ2) is 6.84. The lowest BCUT2D eigenvalue weighted by atomic mass is 10.4. The van der Waals surface area contributed by atoms with Gasteiger partial charge in [-0.25, -0.2) is 4.98 Å². The third-order valence-corrected chi connectivity index (χ3v) is 2.46. The minimum absolute atomic E-state index is 0.143. The van der Waals surface area contributed by atoms with Gasteiger partial charge in [-0.05, 0) is 12.1 Å². The Morgan fingerprint density at radius 2 is 2.47 bits per heavy atom. The molecule has 1 unspecified atom stereocenters. The zero-order chi connectivity index (χ0) is 12.7. The van der Waals surface area contributed by atoms with Crippen LogP contribution in [0.2, 0.25) is 5.15 Å². The van der Waals surface area contributed by atoms with Gasteiger partial charge in [-0.15, -0.1) is 0 Å². The van der Waals surface area contributed by atoms with E-state index in [4.69, 9.17) is 16.9 Å². The third kappa shape index (κ3) is 4.81. The summed E-state index contributed by atoms with van der Waals surface area (Å²) in [5.41, 5.74) is 0.507. The molecule has 0 saturated heterocycles. The number of anilines is 1. The zero-order valence-corrected chi connectivity index (χ0v) is 10.3. The Kier molecular flexibility index (Phi) is 5.40. The molecule has 90 valence electrons. The average Bonchev–Trinajstić information content (AvgIpc) is 2.29. The number of likely N-dealkylation sites (N-methyl/N-ethyl adjacent to an activating group) is 1. The predicted molar refractivity (Wildman–Crippen MR) is 64.7 cm³/mol. The normalized spacial score (nSPS) is 11.6. The number of quaternary nitrogens is 1. The summed E-state index contributed by atoms with van der Waals surface area (Å²) >= 11 is 5.81. The lowest BCUT2D eigenvalue weighted by molar-refractivity contribution is -0.870. The van der Waals surface area contributed by atoms with E-state index >= 15 is 0 Å². The van der Waals surface area contributed by atoms with Crippen LogP contribution in [0.3, 0.4) is 0 Å². The molecule has 1 atom stereocenters. The van der Waals surface area contributed by atoms with Gasteiger partial charge in [0.2, 0.25) is 0 Å². The number of nitrogens with zero attached hydrogens (tertiary/aromatic N) is 2. The van der Waals surface area contributed by atoms with Crippen LogP contribution in [0.5, 0.6) is 0 Å². The van der Waals surface area contributed by atoms with Crippen molar-refractivity contribution < 1.29 is 9.69 Å². The van der Waals surface area contributed by atoms with E-state index in [2.05, 4.69) is 10.3 Å². The molecule has 5 nitrogen and oxygen atoms in total. The zero-order valence-electron chi connectivity index (χ0n) is 9.53. The molecule has 0 aliphatic rings. The largest absolute Gasteiger partial charge is 0.329 e. The smallest absolute Gasteiger partial charge is 0.279 e. The lowest BCUT2D eigenvalue weighted by Gasteiger charge is -2.12. The number of aromatic nitrogens is 1. The number of carbonyl (C=O) groups is 1. The number of rotatable bonds is 5. The highest BCUT2D eigenvalue weighted by Crippen LogP contribution is 2.16. The first-order valence-electron chi connectivity index (χ1n) is 5.22. The summed E-state index contributed by atoms with van der Waals surface area (Å²) in [4.78, 5) is 16.5. The van der Waals surface area contributed by atoms with E-state index < -0.39 is 0 Å². The van der Waals surface area contributed by atoms with E-state index in [0.29, 0.717) is 25.2 Å². The molecule has 0 aromatic carbocycles. The van der Waals surface area contributed by atoms with Crippen LogP contribution in [0.4, 0.5) is 5.69 Å². The highest BCUT2D eigenvalue weighted by atomic mass is 35.5. The Bertz CT molecular complexity index is 430. The van der Waals surface area contributed by atoms with E-state index in [1.807, 2.05) is 13.1 Å². The van der Waals surface area contributed by atoms with Crippen LogP contribution < -0.4 is 10.2 Å². The Morgan fingerprint density at radius 3 is 3.12 bits per heavy atom. The molecule has 0 aliphatic heterocycles. The summed E-state index contributed by atoms with van der Waals surface area (Å²) in [6.45, 7) is 0.942. The van der Waals surface area contributed by atoms with Gasteiger partial charge in [0.1, 0.15) is 0 Å². The molecule has 1 rings (SSSR count). The van der Waals surface area contributed by atoms with Crippen molar-refractivity contribution in [2.45, 2.75) is 6.42 Å². The molecule has 2 N–H and O–H groups in total. The van der Waals surface area contributed by atoms with Crippen LogP contribution in [0.1, 0.15) is 6.42 Å². The maximum Gasteiger partial charge on any atom is 0.279 e. The van der Waals surface area contributed by atoms with Crippen molar-refractivity contribution in [1.82, 2.24) is 4.98 Å². The molecule has 1 aromatic rings. The molecule has 0 aliphatic carbocycles. The van der Waals surface area contributed by atoms with Crippen LogP contribution in [0.25, 0.3) is 0 Å².